The van der Waals surface area contributed by atoms with Crippen LogP contribution in [-0.2, 0) is 16.6 Å². The number of pyridine rings is 1. The van der Waals surface area contributed by atoms with Crippen LogP contribution < -0.4 is 5.32 Å². The highest BCUT2D eigenvalue weighted by atomic mass is 32.2. The Bertz CT molecular complexity index is 309. The summed E-state index contributed by atoms with van der Waals surface area (Å²) < 4.78 is 11.9. The predicted octanol–water partition coefficient (Wildman–Crippen LogP) is 0.692. The van der Waals surface area contributed by atoms with Crippen LogP contribution in [-0.4, -0.2) is 27.5 Å². The van der Waals surface area contributed by atoms with Crippen molar-refractivity contribution in [2.75, 3.05) is 13.1 Å². The molecule has 2 atom stereocenters. The standard InChI is InChI=1S/C10H14N2OS/c13-14(10-3-6-12-7-10)8-9-1-4-11-5-2-9/h1-2,4-5,10,12H,3,6-8H2/t10-,14+/m0/s1. The van der Waals surface area contributed by atoms with Gasteiger partial charge >= 0.3 is 0 Å². The lowest BCUT2D eigenvalue weighted by molar-refractivity contribution is 0.672. The molecule has 1 N–H and O–H groups in total. The predicted molar refractivity (Wildman–Crippen MR) is 57.4 cm³/mol. The molecule has 1 aromatic heterocycles. The molecule has 4 heteroatoms. The average Bonchev–Trinajstić information content (AvgIpc) is 2.72. The fourth-order valence-corrected chi connectivity index (χ4v) is 3.05. The molecule has 1 aliphatic heterocycles. The number of hydrogen-bond donors (Lipinski definition) is 1. The van der Waals surface area contributed by atoms with E-state index in [1.807, 2.05) is 12.1 Å². The van der Waals surface area contributed by atoms with Gasteiger partial charge in [0.1, 0.15) is 0 Å². The molecular weight excluding hydrogens is 196 g/mol. The van der Waals surface area contributed by atoms with E-state index in [-0.39, 0.29) is 0 Å². The van der Waals surface area contributed by atoms with Crippen LogP contribution in [0, 0.1) is 0 Å². The highest BCUT2D eigenvalue weighted by Gasteiger charge is 2.20. The first-order valence-corrected chi connectivity index (χ1v) is 6.21. The van der Waals surface area contributed by atoms with E-state index in [2.05, 4.69) is 10.3 Å². The molecule has 3 nitrogen and oxygen atoms in total. The van der Waals surface area contributed by atoms with E-state index in [1.54, 1.807) is 12.4 Å². The fourth-order valence-electron chi connectivity index (χ4n) is 1.61. The highest BCUT2D eigenvalue weighted by molar-refractivity contribution is 7.84. The van der Waals surface area contributed by atoms with E-state index in [4.69, 9.17) is 0 Å². The molecule has 0 amide bonds. The maximum Gasteiger partial charge on any atom is 0.0490 e. The summed E-state index contributed by atoms with van der Waals surface area (Å²) in [5.74, 6) is 0.662. The van der Waals surface area contributed by atoms with Gasteiger partial charge in [-0.05, 0) is 30.7 Å². The molecule has 14 heavy (non-hydrogen) atoms. The second kappa shape index (κ2) is 4.66. The summed E-state index contributed by atoms with van der Waals surface area (Å²) in [6, 6.07) is 3.86. The third-order valence-corrected chi connectivity index (χ3v) is 4.21. The maximum atomic E-state index is 11.9. The molecular formula is C10H14N2OS. The van der Waals surface area contributed by atoms with E-state index in [1.165, 1.54) is 0 Å². The maximum absolute atomic E-state index is 11.9. The minimum absolute atomic E-state index is 0.336. The first-order valence-electron chi connectivity index (χ1n) is 4.83. The van der Waals surface area contributed by atoms with Crippen LogP contribution in [0.4, 0.5) is 0 Å². The monoisotopic (exact) mass is 210 g/mol. The molecule has 0 aromatic carbocycles. The Kier molecular flexibility index (Phi) is 3.26. The van der Waals surface area contributed by atoms with Crippen LogP contribution in [0.5, 0.6) is 0 Å². The van der Waals surface area contributed by atoms with Crippen LogP contribution in [0.15, 0.2) is 24.5 Å². The van der Waals surface area contributed by atoms with Gasteiger partial charge in [-0.25, -0.2) is 0 Å². The zero-order valence-corrected chi connectivity index (χ0v) is 8.80. The Labute approximate surface area is 86.4 Å². The molecule has 1 aromatic rings. The lowest BCUT2D eigenvalue weighted by atomic mass is 10.3. The SMILES string of the molecule is O=[S@](Cc1ccncc1)[C@H]1CCNC1. The zero-order chi connectivity index (χ0) is 9.80. The smallest absolute Gasteiger partial charge is 0.0490 e. The Morgan fingerprint density at radius 2 is 2.29 bits per heavy atom. The lowest BCUT2D eigenvalue weighted by Gasteiger charge is -2.07. The zero-order valence-electron chi connectivity index (χ0n) is 7.98. The first-order chi connectivity index (χ1) is 6.86. The van der Waals surface area contributed by atoms with E-state index in [0.717, 1.165) is 25.1 Å². The molecule has 2 heterocycles. The second-order valence-corrected chi connectivity index (χ2v) is 5.21. The van der Waals surface area contributed by atoms with Gasteiger partial charge in [-0.1, -0.05) is 0 Å². The molecule has 0 bridgehead atoms. The first kappa shape index (κ1) is 9.80. The van der Waals surface area contributed by atoms with Gasteiger partial charge in [0.15, 0.2) is 0 Å². The molecule has 1 aliphatic rings. The summed E-state index contributed by atoms with van der Waals surface area (Å²) in [7, 11) is -0.737. The summed E-state index contributed by atoms with van der Waals surface area (Å²) in [6.45, 7) is 1.91. The van der Waals surface area contributed by atoms with Gasteiger partial charge < -0.3 is 5.32 Å². The minimum atomic E-state index is -0.737. The molecule has 1 fully saturated rings. The van der Waals surface area contributed by atoms with Crippen LogP contribution in [0.1, 0.15) is 12.0 Å². The average molecular weight is 210 g/mol. The fraction of sp³-hybridized carbons (Fsp3) is 0.500. The summed E-state index contributed by atoms with van der Waals surface area (Å²) in [6.07, 6.45) is 4.54. The van der Waals surface area contributed by atoms with Crippen molar-refractivity contribution in [3.8, 4) is 0 Å². The van der Waals surface area contributed by atoms with Crippen LogP contribution in [0.3, 0.4) is 0 Å². The summed E-state index contributed by atoms with van der Waals surface area (Å²) in [4.78, 5) is 3.94. The van der Waals surface area contributed by atoms with E-state index >= 15 is 0 Å². The van der Waals surface area contributed by atoms with Crippen molar-refractivity contribution < 1.29 is 4.21 Å². The molecule has 76 valence electrons. The summed E-state index contributed by atoms with van der Waals surface area (Å²) in [5, 5.41) is 3.57. The molecule has 0 aliphatic carbocycles. The summed E-state index contributed by atoms with van der Waals surface area (Å²) >= 11 is 0. The number of nitrogens with zero attached hydrogens (tertiary/aromatic N) is 1. The number of nitrogens with one attached hydrogen (secondary N) is 1. The van der Waals surface area contributed by atoms with Crippen molar-refractivity contribution in [3.05, 3.63) is 30.1 Å². The van der Waals surface area contributed by atoms with Gasteiger partial charge in [0.05, 0.1) is 0 Å². The molecule has 1 saturated heterocycles. The summed E-state index contributed by atoms with van der Waals surface area (Å²) in [5.41, 5.74) is 1.12. The second-order valence-electron chi connectivity index (χ2n) is 3.50. The topological polar surface area (TPSA) is 42.0 Å². The van der Waals surface area contributed by atoms with E-state index in [9.17, 15) is 4.21 Å². The number of rotatable bonds is 3. The lowest BCUT2D eigenvalue weighted by Crippen LogP contribution is -2.19. The van der Waals surface area contributed by atoms with Crippen molar-refractivity contribution >= 4 is 10.8 Å². The van der Waals surface area contributed by atoms with Gasteiger partial charge in [0, 0.05) is 40.7 Å². The normalized spacial score (nSPS) is 23.6. The van der Waals surface area contributed by atoms with Crippen molar-refractivity contribution in [2.45, 2.75) is 17.4 Å². The third-order valence-electron chi connectivity index (χ3n) is 2.45. The van der Waals surface area contributed by atoms with Crippen molar-refractivity contribution in [1.29, 1.82) is 0 Å². The van der Waals surface area contributed by atoms with Gasteiger partial charge in [0.25, 0.3) is 0 Å². The third kappa shape index (κ3) is 2.39. The molecule has 0 unspecified atom stereocenters. The van der Waals surface area contributed by atoms with E-state index < -0.39 is 10.8 Å². The number of aromatic nitrogens is 1. The number of hydrogen-bond acceptors (Lipinski definition) is 3. The van der Waals surface area contributed by atoms with Crippen LogP contribution in [0.2, 0.25) is 0 Å². The highest BCUT2D eigenvalue weighted by Crippen LogP contribution is 2.11. The molecule has 0 radical (unpaired) electrons. The molecule has 0 spiro atoms. The Morgan fingerprint density at radius 3 is 2.93 bits per heavy atom. The van der Waals surface area contributed by atoms with Gasteiger partial charge in [0.2, 0.25) is 0 Å². The Balaban J connectivity index is 1.94. The van der Waals surface area contributed by atoms with Gasteiger partial charge in [-0.2, -0.15) is 0 Å². The molecule has 0 saturated carbocycles. The Hall–Kier alpha value is -0.740. The Morgan fingerprint density at radius 1 is 1.50 bits per heavy atom. The largest absolute Gasteiger partial charge is 0.315 e. The quantitative estimate of drug-likeness (QED) is 0.798. The molecule has 2 rings (SSSR count). The van der Waals surface area contributed by atoms with Crippen molar-refractivity contribution in [3.63, 3.8) is 0 Å². The van der Waals surface area contributed by atoms with Crippen LogP contribution in [0.25, 0.3) is 0 Å². The van der Waals surface area contributed by atoms with Gasteiger partial charge in [-0.15, -0.1) is 0 Å². The van der Waals surface area contributed by atoms with Crippen molar-refractivity contribution in [1.82, 2.24) is 10.3 Å². The van der Waals surface area contributed by atoms with Crippen LogP contribution >= 0.6 is 0 Å². The van der Waals surface area contributed by atoms with E-state index in [0.29, 0.717) is 11.0 Å². The van der Waals surface area contributed by atoms with Crippen molar-refractivity contribution in [2.24, 2.45) is 0 Å². The minimum Gasteiger partial charge on any atom is -0.315 e. The van der Waals surface area contributed by atoms with Gasteiger partial charge in [-0.3, -0.25) is 9.19 Å².